The largest absolute Gasteiger partial charge is 0.479 e. The zero-order valence-corrected chi connectivity index (χ0v) is 23.8. The minimum atomic E-state index is -1.20. The quantitative estimate of drug-likeness (QED) is 0.204. The van der Waals surface area contributed by atoms with Crippen LogP contribution in [0.4, 0.5) is 5.82 Å². The summed E-state index contributed by atoms with van der Waals surface area (Å²) in [5, 5.41) is 19.1. The summed E-state index contributed by atoms with van der Waals surface area (Å²) in [6.07, 6.45) is 11.6. The zero-order valence-electron chi connectivity index (χ0n) is 22.2. The molecule has 0 bridgehead atoms. The average Bonchev–Trinajstić information content (AvgIpc) is 3.61. The second-order valence-corrected chi connectivity index (χ2v) is 11.2. The summed E-state index contributed by atoms with van der Waals surface area (Å²) in [5.74, 6) is -0.345. The molecular formula is C27H32N6O4S2. The molecule has 10 nitrogen and oxygen atoms in total. The predicted octanol–water partition coefficient (Wildman–Crippen LogP) is 4.75. The van der Waals surface area contributed by atoms with Gasteiger partial charge in [0.15, 0.2) is 11.2 Å². The van der Waals surface area contributed by atoms with E-state index in [1.807, 2.05) is 35.5 Å². The number of hydrogen-bond donors (Lipinski definition) is 2. The highest BCUT2D eigenvalue weighted by Crippen LogP contribution is 2.44. The molecule has 1 fully saturated rings. The first-order valence-corrected chi connectivity index (χ1v) is 15.1. The van der Waals surface area contributed by atoms with Gasteiger partial charge in [0.1, 0.15) is 5.82 Å². The van der Waals surface area contributed by atoms with E-state index in [1.54, 1.807) is 35.8 Å². The number of rotatable bonds is 10. The number of benzene rings is 1. The van der Waals surface area contributed by atoms with Crippen LogP contribution in [0.15, 0.2) is 52.6 Å². The molecule has 3 aromatic heterocycles. The fourth-order valence-electron chi connectivity index (χ4n) is 5.14. The Balaban J connectivity index is 1.46. The number of nitrogen functional groups attached to an aromatic ring is 1. The van der Waals surface area contributed by atoms with Crippen molar-refractivity contribution in [3.05, 3.63) is 48.5 Å². The van der Waals surface area contributed by atoms with Gasteiger partial charge in [-0.25, -0.2) is 14.5 Å². The van der Waals surface area contributed by atoms with Gasteiger partial charge in [-0.2, -0.15) is 14.7 Å². The number of ether oxygens (including phenoxy) is 2. The third kappa shape index (κ3) is 5.25. The lowest BCUT2D eigenvalue weighted by molar-refractivity contribution is -0.173. The van der Waals surface area contributed by atoms with Crippen molar-refractivity contribution in [3.8, 4) is 16.8 Å². The first kappa shape index (κ1) is 27.5. The van der Waals surface area contributed by atoms with Gasteiger partial charge >= 0.3 is 5.97 Å². The summed E-state index contributed by atoms with van der Waals surface area (Å²) in [6, 6.07) is 8.22. The molecule has 12 heteroatoms. The smallest absolute Gasteiger partial charge is 0.335 e. The number of carbonyl (C=O) groups is 1. The molecule has 1 aromatic carbocycles. The molecule has 1 aliphatic rings. The second-order valence-electron chi connectivity index (χ2n) is 9.50. The first-order chi connectivity index (χ1) is 18.9. The fraction of sp³-hybridized carbons (Fsp3) is 0.407. The van der Waals surface area contributed by atoms with E-state index in [2.05, 4.69) is 22.3 Å². The summed E-state index contributed by atoms with van der Waals surface area (Å²) in [5.41, 5.74) is 9.64. The molecule has 0 amide bonds. The van der Waals surface area contributed by atoms with E-state index in [0.29, 0.717) is 43.8 Å². The molecule has 39 heavy (non-hydrogen) atoms. The number of carboxylic acid groups (broad SMARTS) is 1. The van der Waals surface area contributed by atoms with Crippen LogP contribution in [0.25, 0.3) is 22.5 Å². The van der Waals surface area contributed by atoms with Crippen molar-refractivity contribution in [2.24, 2.45) is 0 Å². The summed E-state index contributed by atoms with van der Waals surface area (Å²) in [6.45, 7) is 0.600. The van der Waals surface area contributed by atoms with Crippen molar-refractivity contribution in [1.29, 1.82) is 0 Å². The number of fused-ring (bicyclic) bond motifs is 1. The summed E-state index contributed by atoms with van der Waals surface area (Å²) < 4.78 is 14.4. The van der Waals surface area contributed by atoms with Gasteiger partial charge in [0, 0.05) is 35.2 Å². The molecule has 0 atom stereocenters. The molecule has 0 unspecified atom stereocenters. The molecule has 1 saturated carbocycles. The molecule has 3 heterocycles. The number of carboxylic acids is 1. The number of aliphatic carboxylic acids is 1. The molecule has 0 aliphatic heterocycles. The number of thioether (sulfide) groups is 2. The van der Waals surface area contributed by atoms with E-state index in [-0.39, 0.29) is 12.5 Å². The predicted molar refractivity (Wildman–Crippen MR) is 153 cm³/mol. The van der Waals surface area contributed by atoms with Crippen molar-refractivity contribution >= 4 is 41.0 Å². The highest BCUT2D eigenvalue weighted by molar-refractivity contribution is 7.99. The second kappa shape index (κ2) is 11.6. The Kier molecular flexibility index (Phi) is 8.17. The average molecular weight is 569 g/mol. The van der Waals surface area contributed by atoms with Crippen LogP contribution < -0.4 is 5.73 Å². The Morgan fingerprint density at radius 1 is 1.13 bits per heavy atom. The van der Waals surface area contributed by atoms with Crippen LogP contribution in [0.5, 0.6) is 0 Å². The van der Waals surface area contributed by atoms with E-state index in [9.17, 15) is 9.90 Å². The molecule has 0 saturated heterocycles. The molecule has 0 spiro atoms. The van der Waals surface area contributed by atoms with Crippen LogP contribution in [0.3, 0.4) is 0 Å². The summed E-state index contributed by atoms with van der Waals surface area (Å²) in [7, 11) is 1.57. The van der Waals surface area contributed by atoms with E-state index in [1.165, 1.54) is 16.7 Å². The van der Waals surface area contributed by atoms with Crippen LogP contribution >= 0.6 is 23.5 Å². The van der Waals surface area contributed by atoms with Crippen molar-refractivity contribution in [2.75, 3.05) is 38.6 Å². The number of anilines is 1. The van der Waals surface area contributed by atoms with E-state index < -0.39 is 11.6 Å². The van der Waals surface area contributed by atoms with Crippen molar-refractivity contribution in [1.82, 2.24) is 24.4 Å². The summed E-state index contributed by atoms with van der Waals surface area (Å²) in [4.78, 5) is 19.3. The molecule has 3 N–H and O–H groups in total. The Hall–Kier alpha value is -3.06. The zero-order chi connectivity index (χ0) is 27.6. The minimum Gasteiger partial charge on any atom is -0.479 e. The first-order valence-electron chi connectivity index (χ1n) is 12.7. The van der Waals surface area contributed by atoms with Crippen LogP contribution in [0, 0.1) is 0 Å². The normalized spacial score (nSPS) is 19.5. The van der Waals surface area contributed by atoms with Crippen molar-refractivity contribution < 1.29 is 19.4 Å². The Morgan fingerprint density at radius 3 is 2.51 bits per heavy atom. The highest BCUT2D eigenvalue weighted by Gasteiger charge is 2.44. The number of aromatic nitrogens is 5. The van der Waals surface area contributed by atoms with Gasteiger partial charge in [-0.1, -0.05) is 0 Å². The standard InChI is InChI=1S/C27H32N6O4S2/c1-36-12-13-37-27(26(34)35)10-8-17(9-11-27)22-23(39-3)24(28)33-25(31-22)21(15-30-33)18-14-29-32(16-18)19-4-6-20(38-2)7-5-19/h4-7,14-17H,8-13,28H2,1-3H3,(H,34,35)/t17-,27-. The molecule has 0 radical (unpaired) electrons. The molecule has 206 valence electrons. The Labute approximate surface area is 235 Å². The monoisotopic (exact) mass is 568 g/mol. The van der Waals surface area contributed by atoms with Crippen LogP contribution in [0.2, 0.25) is 0 Å². The highest BCUT2D eigenvalue weighted by atomic mass is 32.2. The lowest BCUT2D eigenvalue weighted by Gasteiger charge is -2.37. The third-order valence-electron chi connectivity index (χ3n) is 7.33. The number of nitrogens with two attached hydrogens (primary N) is 1. The lowest BCUT2D eigenvalue weighted by Crippen LogP contribution is -2.45. The molecule has 4 aromatic rings. The Morgan fingerprint density at radius 2 is 1.87 bits per heavy atom. The lowest BCUT2D eigenvalue weighted by atomic mass is 9.77. The summed E-state index contributed by atoms with van der Waals surface area (Å²) >= 11 is 3.23. The van der Waals surface area contributed by atoms with Gasteiger partial charge in [-0.3, -0.25) is 0 Å². The minimum absolute atomic E-state index is 0.0543. The van der Waals surface area contributed by atoms with Crippen LogP contribution in [-0.4, -0.2) is 73.9 Å². The van der Waals surface area contributed by atoms with Crippen molar-refractivity contribution in [2.45, 2.75) is 47.0 Å². The molecular weight excluding hydrogens is 536 g/mol. The van der Waals surface area contributed by atoms with Gasteiger partial charge in [0.2, 0.25) is 0 Å². The Bertz CT molecular complexity index is 1460. The maximum absolute atomic E-state index is 12.1. The fourth-order valence-corrected chi connectivity index (χ4v) is 6.27. The van der Waals surface area contributed by atoms with E-state index in [4.69, 9.17) is 20.2 Å². The van der Waals surface area contributed by atoms with Crippen LogP contribution in [0.1, 0.15) is 37.3 Å². The topological polar surface area (TPSA) is 130 Å². The van der Waals surface area contributed by atoms with Gasteiger partial charge < -0.3 is 20.3 Å². The number of hydrogen-bond acceptors (Lipinski definition) is 9. The van der Waals surface area contributed by atoms with Crippen molar-refractivity contribution in [3.63, 3.8) is 0 Å². The van der Waals surface area contributed by atoms with Gasteiger partial charge in [-0.05, 0) is 62.5 Å². The van der Waals surface area contributed by atoms with Gasteiger partial charge in [0.05, 0.1) is 41.9 Å². The molecule has 1 aliphatic carbocycles. The van der Waals surface area contributed by atoms with Gasteiger partial charge in [-0.15, -0.1) is 23.5 Å². The SMILES string of the molecule is COCCO[C@]1(C(=O)O)CC[C@@H](c2nc3c(-c4cnn(-c5ccc(SC)cc5)c4)cnn3c(N)c2SC)CC1. The van der Waals surface area contributed by atoms with E-state index in [0.717, 1.165) is 27.4 Å². The van der Waals surface area contributed by atoms with Crippen LogP contribution in [-0.2, 0) is 14.3 Å². The molecule has 5 rings (SSSR count). The van der Waals surface area contributed by atoms with Gasteiger partial charge in [0.25, 0.3) is 0 Å². The third-order valence-corrected chi connectivity index (χ3v) is 8.90. The maximum Gasteiger partial charge on any atom is 0.335 e. The number of methoxy groups -OCH3 is 1. The number of nitrogens with zero attached hydrogens (tertiary/aromatic N) is 5. The maximum atomic E-state index is 12.1. The van der Waals surface area contributed by atoms with E-state index >= 15 is 0 Å².